The van der Waals surface area contributed by atoms with Crippen molar-refractivity contribution in [2.45, 2.75) is 17.1 Å². The zero-order chi connectivity index (χ0) is 13.8. The van der Waals surface area contributed by atoms with Crippen LogP contribution < -0.4 is 9.47 Å². The molecule has 0 saturated heterocycles. The molecule has 0 fully saturated rings. The van der Waals surface area contributed by atoms with Gasteiger partial charge in [0.1, 0.15) is 5.82 Å². The fourth-order valence-electron chi connectivity index (χ4n) is 1.98. The van der Waals surface area contributed by atoms with Gasteiger partial charge in [0, 0.05) is 17.1 Å². The van der Waals surface area contributed by atoms with Gasteiger partial charge >= 0.3 is 0 Å². The van der Waals surface area contributed by atoms with Crippen LogP contribution in [-0.2, 0) is 5.75 Å². The quantitative estimate of drug-likeness (QED) is 0.786. The van der Waals surface area contributed by atoms with Gasteiger partial charge in [-0.15, -0.1) is 11.8 Å². The van der Waals surface area contributed by atoms with E-state index in [4.69, 9.17) is 9.47 Å². The Balaban J connectivity index is 1.68. The molecule has 2 aromatic rings. The standard InChI is InChI=1S/C16H15FO2S/c17-13-4-2-12(3-5-13)11-20-14-6-7-15-16(10-14)19-9-1-8-18-15/h2-7,10H,1,8-9,11H2. The van der Waals surface area contributed by atoms with Gasteiger partial charge in [-0.3, -0.25) is 0 Å². The van der Waals surface area contributed by atoms with Crippen molar-refractivity contribution in [3.05, 3.63) is 53.8 Å². The third-order valence-corrected chi connectivity index (χ3v) is 4.10. The first kappa shape index (κ1) is 13.3. The molecule has 2 nitrogen and oxygen atoms in total. The Morgan fingerprint density at radius 1 is 0.950 bits per heavy atom. The van der Waals surface area contributed by atoms with Gasteiger partial charge in [-0.1, -0.05) is 12.1 Å². The zero-order valence-electron chi connectivity index (χ0n) is 11.0. The van der Waals surface area contributed by atoms with Crippen molar-refractivity contribution in [2.24, 2.45) is 0 Å². The molecule has 0 bridgehead atoms. The first-order valence-corrected chi connectivity index (χ1v) is 7.57. The average Bonchev–Trinajstić information content (AvgIpc) is 2.71. The van der Waals surface area contributed by atoms with E-state index in [1.807, 2.05) is 30.3 Å². The Morgan fingerprint density at radius 3 is 2.50 bits per heavy atom. The summed E-state index contributed by atoms with van der Waals surface area (Å²) in [7, 11) is 0. The Hall–Kier alpha value is -1.68. The SMILES string of the molecule is Fc1ccc(CSc2ccc3c(c2)OCCCO3)cc1. The summed E-state index contributed by atoms with van der Waals surface area (Å²) in [4.78, 5) is 1.12. The van der Waals surface area contributed by atoms with E-state index < -0.39 is 0 Å². The van der Waals surface area contributed by atoms with Crippen molar-refractivity contribution < 1.29 is 13.9 Å². The molecule has 0 saturated carbocycles. The molecule has 1 aliphatic heterocycles. The summed E-state index contributed by atoms with van der Waals surface area (Å²) in [6.45, 7) is 1.40. The summed E-state index contributed by atoms with van der Waals surface area (Å²) in [5.74, 6) is 2.23. The second kappa shape index (κ2) is 6.18. The number of hydrogen-bond acceptors (Lipinski definition) is 3. The zero-order valence-corrected chi connectivity index (χ0v) is 11.8. The number of ether oxygens (including phenoxy) is 2. The first-order valence-electron chi connectivity index (χ1n) is 6.58. The molecule has 1 heterocycles. The van der Waals surface area contributed by atoms with Gasteiger partial charge in [0.15, 0.2) is 11.5 Å². The van der Waals surface area contributed by atoms with Gasteiger partial charge in [0.05, 0.1) is 13.2 Å². The van der Waals surface area contributed by atoms with Crippen LogP contribution in [0.25, 0.3) is 0 Å². The van der Waals surface area contributed by atoms with Crippen molar-refractivity contribution in [3.63, 3.8) is 0 Å². The molecule has 1 aliphatic rings. The maximum atomic E-state index is 12.8. The summed E-state index contributed by atoms with van der Waals surface area (Å²) in [6.07, 6.45) is 0.909. The fourth-order valence-corrected chi connectivity index (χ4v) is 2.86. The van der Waals surface area contributed by atoms with Crippen LogP contribution in [0.3, 0.4) is 0 Å². The topological polar surface area (TPSA) is 18.5 Å². The highest BCUT2D eigenvalue weighted by Gasteiger charge is 2.10. The van der Waals surface area contributed by atoms with Crippen LogP contribution >= 0.6 is 11.8 Å². The van der Waals surface area contributed by atoms with Crippen LogP contribution in [0.1, 0.15) is 12.0 Å². The van der Waals surface area contributed by atoms with Gasteiger partial charge in [0.25, 0.3) is 0 Å². The molecule has 4 heteroatoms. The van der Waals surface area contributed by atoms with Crippen LogP contribution in [-0.4, -0.2) is 13.2 Å². The third kappa shape index (κ3) is 3.25. The predicted octanol–water partition coefficient (Wildman–Crippen LogP) is 4.28. The number of thioether (sulfide) groups is 1. The lowest BCUT2D eigenvalue weighted by atomic mass is 10.2. The smallest absolute Gasteiger partial charge is 0.162 e. The van der Waals surface area contributed by atoms with Crippen molar-refractivity contribution in [1.29, 1.82) is 0 Å². The van der Waals surface area contributed by atoms with E-state index in [9.17, 15) is 4.39 Å². The second-order valence-corrected chi connectivity index (χ2v) is 5.62. The molecule has 2 aromatic carbocycles. The lowest BCUT2D eigenvalue weighted by Crippen LogP contribution is -1.97. The van der Waals surface area contributed by atoms with Crippen LogP contribution in [0.4, 0.5) is 4.39 Å². The van der Waals surface area contributed by atoms with Gasteiger partial charge in [-0.2, -0.15) is 0 Å². The van der Waals surface area contributed by atoms with Crippen molar-refractivity contribution in [3.8, 4) is 11.5 Å². The molecule has 20 heavy (non-hydrogen) atoms. The summed E-state index contributed by atoms with van der Waals surface area (Å²) >= 11 is 1.70. The molecule has 3 rings (SSSR count). The molecular formula is C16H15FO2S. The number of fused-ring (bicyclic) bond motifs is 1. The third-order valence-electron chi connectivity index (χ3n) is 3.04. The molecule has 0 atom stereocenters. The summed E-state index contributed by atoms with van der Waals surface area (Å²) in [6, 6.07) is 12.6. The second-order valence-electron chi connectivity index (χ2n) is 4.57. The lowest BCUT2D eigenvalue weighted by molar-refractivity contribution is 0.297. The molecule has 0 spiro atoms. The van der Waals surface area contributed by atoms with Gasteiger partial charge in [-0.25, -0.2) is 4.39 Å². The minimum atomic E-state index is -0.200. The van der Waals surface area contributed by atoms with Crippen molar-refractivity contribution in [2.75, 3.05) is 13.2 Å². The molecule has 0 unspecified atom stereocenters. The maximum absolute atomic E-state index is 12.8. The van der Waals surface area contributed by atoms with E-state index in [1.54, 1.807) is 11.8 Å². The fraction of sp³-hybridized carbons (Fsp3) is 0.250. The monoisotopic (exact) mass is 290 g/mol. The summed E-state index contributed by atoms with van der Waals surface area (Å²) < 4.78 is 24.1. The van der Waals surface area contributed by atoms with E-state index in [0.717, 1.165) is 34.1 Å². The van der Waals surface area contributed by atoms with Crippen LogP contribution in [0, 0.1) is 5.82 Å². The minimum Gasteiger partial charge on any atom is -0.490 e. The van der Waals surface area contributed by atoms with Gasteiger partial charge in [0.2, 0.25) is 0 Å². The Bertz CT molecular complexity index is 584. The van der Waals surface area contributed by atoms with Crippen LogP contribution in [0.5, 0.6) is 11.5 Å². The molecular weight excluding hydrogens is 275 g/mol. The van der Waals surface area contributed by atoms with E-state index in [1.165, 1.54) is 12.1 Å². The van der Waals surface area contributed by atoms with E-state index in [0.29, 0.717) is 13.2 Å². The Morgan fingerprint density at radius 2 is 1.70 bits per heavy atom. The summed E-state index contributed by atoms with van der Waals surface area (Å²) in [5, 5.41) is 0. The average molecular weight is 290 g/mol. The van der Waals surface area contributed by atoms with Gasteiger partial charge in [-0.05, 0) is 35.9 Å². The highest BCUT2D eigenvalue weighted by molar-refractivity contribution is 7.98. The number of rotatable bonds is 3. The van der Waals surface area contributed by atoms with Crippen molar-refractivity contribution >= 4 is 11.8 Å². The lowest BCUT2D eigenvalue weighted by Gasteiger charge is -2.09. The molecule has 0 aromatic heterocycles. The predicted molar refractivity (Wildman–Crippen MR) is 78.0 cm³/mol. The van der Waals surface area contributed by atoms with Crippen LogP contribution in [0.2, 0.25) is 0 Å². The van der Waals surface area contributed by atoms with Crippen LogP contribution in [0.15, 0.2) is 47.4 Å². The molecule has 104 valence electrons. The normalized spacial score (nSPS) is 13.8. The van der Waals surface area contributed by atoms with E-state index in [2.05, 4.69) is 0 Å². The first-order chi connectivity index (χ1) is 9.81. The number of halogens is 1. The van der Waals surface area contributed by atoms with E-state index >= 15 is 0 Å². The highest BCUT2D eigenvalue weighted by Crippen LogP contribution is 2.34. The molecule has 0 N–H and O–H groups in total. The molecule has 0 amide bonds. The van der Waals surface area contributed by atoms with Crippen molar-refractivity contribution in [1.82, 2.24) is 0 Å². The highest BCUT2D eigenvalue weighted by atomic mass is 32.2. The molecule has 0 radical (unpaired) electrons. The largest absolute Gasteiger partial charge is 0.490 e. The summed E-state index contributed by atoms with van der Waals surface area (Å²) in [5.41, 5.74) is 1.10. The Labute approximate surface area is 121 Å². The van der Waals surface area contributed by atoms with Gasteiger partial charge < -0.3 is 9.47 Å². The minimum absolute atomic E-state index is 0.200. The molecule has 0 aliphatic carbocycles. The van der Waals surface area contributed by atoms with E-state index in [-0.39, 0.29) is 5.82 Å². The Kier molecular flexibility index (Phi) is 4.11. The number of benzene rings is 2. The maximum Gasteiger partial charge on any atom is 0.162 e. The number of hydrogen-bond donors (Lipinski definition) is 0.